The Morgan fingerprint density at radius 3 is 2.50 bits per heavy atom. The summed E-state index contributed by atoms with van der Waals surface area (Å²) in [4.78, 5) is 11.3. The Kier molecular flexibility index (Phi) is 2.38. The van der Waals surface area contributed by atoms with Crippen molar-refractivity contribution in [1.29, 1.82) is 0 Å². The molecule has 0 amide bonds. The first kappa shape index (κ1) is 9.06. The Morgan fingerprint density at radius 1 is 1.58 bits per heavy atom. The van der Waals surface area contributed by atoms with Crippen molar-refractivity contribution >= 4 is 0 Å². The molecule has 0 unspecified atom stereocenters. The van der Waals surface area contributed by atoms with E-state index in [1.165, 1.54) is 4.68 Å². The van der Waals surface area contributed by atoms with E-state index in [4.69, 9.17) is 5.11 Å². The van der Waals surface area contributed by atoms with Crippen molar-refractivity contribution in [3.63, 3.8) is 0 Å². The number of aromatic amines is 1. The predicted octanol–water partition coefficient (Wildman–Crippen LogP) is 0.329. The Bertz CT molecular complexity index is 322. The molecule has 1 aromatic rings. The molecule has 12 heavy (non-hydrogen) atoms. The monoisotopic (exact) mass is 170 g/mol. The number of hydrogen-bond acceptors (Lipinski definition) is 2. The molecule has 1 heterocycles. The van der Waals surface area contributed by atoms with Gasteiger partial charge in [0.2, 0.25) is 0 Å². The van der Waals surface area contributed by atoms with Gasteiger partial charge in [0, 0.05) is 12.7 Å². The largest absolute Gasteiger partial charge is 0.391 e. The van der Waals surface area contributed by atoms with Crippen LogP contribution in [-0.4, -0.2) is 14.9 Å². The summed E-state index contributed by atoms with van der Waals surface area (Å²) in [7, 11) is 1.65. The number of nitrogens with one attached hydrogen (secondary N) is 1. The van der Waals surface area contributed by atoms with Gasteiger partial charge in [0.25, 0.3) is 5.56 Å². The van der Waals surface area contributed by atoms with Crippen molar-refractivity contribution in [1.82, 2.24) is 9.78 Å². The fraction of sp³-hybridized carbons (Fsp3) is 0.625. The Morgan fingerprint density at radius 2 is 2.17 bits per heavy atom. The Balaban J connectivity index is 3.30. The van der Waals surface area contributed by atoms with Crippen LogP contribution in [0.25, 0.3) is 0 Å². The van der Waals surface area contributed by atoms with Gasteiger partial charge in [0.05, 0.1) is 12.2 Å². The van der Waals surface area contributed by atoms with E-state index >= 15 is 0 Å². The van der Waals surface area contributed by atoms with Gasteiger partial charge >= 0.3 is 0 Å². The quantitative estimate of drug-likeness (QED) is 0.672. The number of aliphatic hydroxyl groups excluding tert-OH is 1. The van der Waals surface area contributed by atoms with E-state index in [-0.39, 0.29) is 18.1 Å². The molecule has 4 nitrogen and oxygen atoms in total. The average molecular weight is 170 g/mol. The van der Waals surface area contributed by atoms with Gasteiger partial charge in [-0.3, -0.25) is 14.6 Å². The van der Waals surface area contributed by atoms with E-state index < -0.39 is 0 Å². The topological polar surface area (TPSA) is 58.0 Å². The van der Waals surface area contributed by atoms with E-state index in [1.807, 2.05) is 13.8 Å². The molecule has 0 fully saturated rings. The molecule has 0 aliphatic rings. The van der Waals surface area contributed by atoms with E-state index in [0.717, 1.165) is 5.69 Å². The van der Waals surface area contributed by atoms with Crippen LogP contribution in [0.5, 0.6) is 0 Å². The van der Waals surface area contributed by atoms with Gasteiger partial charge < -0.3 is 5.11 Å². The number of aryl methyl sites for hydroxylation is 1. The zero-order valence-corrected chi connectivity index (χ0v) is 7.59. The van der Waals surface area contributed by atoms with Crippen LogP contribution in [0.2, 0.25) is 0 Å². The molecule has 0 atom stereocenters. The van der Waals surface area contributed by atoms with Crippen LogP contribution in [0.15, 0.2) is 4.79 Å². The summed E-state index contributed by atoms with van der Waals surface area (Å²) < 4.78 is 1.39. The molecule has 0 aromatic carbocycles. The van der Waals surface area contributed by atoms with Crippen molar-refractivity contribution in [3.8, 4) is 0 Å². The lowest BCUT2D eigenvalue weighted by molar-refractivity contribution is 0.279. The summed E-state index contributed by atoms with van der Waals surface area (Å²) in [5.74, 6) is 0.237. The zero-order chi connectivity index (χ0) is 9.30. The number of rotatable bonds is 2. The second-order valence-corrected chi connectivity index (χ2v) is 3.18. The Hall–Kier alpha value is -1.03. The highest BCUT2D eigenvalue weighted by Crippen LogP contribution is 2.13. The number of nitrogens with zero attached hydrogens (tertiary/aromatic N) is 1. The van der Waals surface area contributed by atoms with Crippen LogP contribution in [0.1, 0.15) is 31.0 Å². The van der Waals surface area contributed by atoms with Crippen molar-refractivity contribution in [2.45, 2.75) is 26.4 Å². The highest BCUT2D eigenvalue weighted by atomic mass is 16.3. The molecule has 1 aromatic heterocycles. The number of aliphatic hydroxyl groups is 1. The second kappa shape index (κ2) is 3.15. The van der Waals surface area contributed by atoms with Crippen LogP contribution < -0.4 is 5.56 Å². The SMILES string of the molecule is CC(C)c1[nH]n(C)c(=O)c1CO. The van der Waals surface area contributed by atoms with Crippen LogP contribution in [0.4, 0.5) is 0 Å². The maximum atomic E-state index is 11.3. The fourth-order valence-electron chi connectivity index (χ4n) is 1.25. The van der Waals surface area contributed by atoms with Crippen LogP contribution in [0, 0.1) is 0 Å². The van der Waals surface area contributed by atoms with Gasteiger partial charge in [-0.15, -0.1) is 0 Å². The second-order valence-electron chi connectivity index (χ2n) is 3.18. The molecule has 0 bridgehead atoms. The van der Waals surface area contributed by atoms with Crippen molar-refractivity contribution < 1.29 is 5.11 Å². The summed E-state index contributed by atoms with van der Waals surface area (Å²) in [6, 6.07) is 0. The molecular weight excluding hydrogens is 156 g/mol. The van der Waals surface area contributed by atoms with Gasteiger partial charge in [0.15, 0.2) is 0 Å². The maximum Gasteiger partial charge on any atom is 0.272 e. The third kappa shape index (κ3) is 1.30. The minimum atomic E-state index is -0.191. The lowest BCUT2D eigenvalue weighted by Gasteiger charge is -2.01. The number of aromatic nitrogens is 2. The van der Waals surface area contributed by atoms with Crippen molar-refractivity contribution in [2.75, 3.05) is 0 Å². The summed E-state index contributed by atoms with van der Waals surface area (Å²) in [6.07, 6.45) is 0. The third-order valence-electron chi connectivity index (χ3n) is 1.91. The summed E-state index contributed by atoms with van der Waals surface area (Å²) in [6.45, 7) is 3.76. The highest BCUT2D eigenvalue weighted by Gasteiger charge is 2.13. The highest BCUT2D eigenvalue weighted by molar-refractivity contribution is 5.19. The molecule has 68 valence electrons. The van der Waals surface area contributed by atoms with E-state index in [2.05, 4.69) is 5.10 Å². The molecule has 0 saturated carbocycles. The molecule has 0 saturated heterocycles. The maximum absolute atomic E-state index is 11.3. The molecule has 0 radical (unpaired) electrons. The van der Waals surface area contributed by atoms with Crippen LogP contribution in [0.3, 0.4) is 0 Å². The van der Waals surface area contributed by atoms with E-state index in [0.29, 0.717) is 5.56 Å². The zero-order valence-electron chi connectivity index (χ0n) is 7.59. The molecule has 1 rings (SSSR count). The standard InChI is InChI=1S/C8H14N2O2/c1-5(2)7-6(4-11)8(12)10(3)9-7/h5,9,11H,4H2,1-3H3. The minimum Gasteiger partial charge on any atom is -0.391 e. The number of hydrogen-bond donors (Lipinski definition) is 2. The summed E-state index contributed by atoms with van der Waals surface area (Å²) in [5.41, 5.74) is 1.17. The van der Waals surface area contributed by atoms with Crippen molar-refractivity contribution in [3.05, 3.63) is 21.6 Å². The van der Waals surface area contributed by atoms with Gasteiger partial charge in [-0.1, -0.05) is 13.8 Å². The van der Waals surface area contributed by atoms with Crippen molar-refractivity contribution in [2.24, 2.45) is 7.05 Å². The van der Waals surface area contributed by atoms with Gasteiger partial charge in [-0.25, -0.2) is 0 Å². The molecule has 0 aliphatic carbocycles. The summed E-state index contributed by atoms with van der Waals surface area (Å²) in [5, 5.41) is 11.8. The van der Waals surface area contributed by atoms with Gasteiger partial charge in [-0.05, 0) is 5.92 Å². The van der Waals surface area contributed by atoms with Crippen LogP contribution >= 0.6 is 0 Å². The lowest BCUT2D eigenvalue weighted by atomic mass is 10.1. The lowest BCUT2D eigenvalue weighted by Crippen LogP contribution is -2.15. The predicted molar refractivity (Wildman–Crippen MR) is 46.0 cm³/mol. The first-order chi connectivity index (χ1) is 5.57. The fourth-order valence-corrected chi connectivity index (χ4v) is 1.25. The van der Waals surface area contributed by atoms with E-state index in [9.17, 15) is 4.79 Å². The third-order valence-corrected chi connectivity index (χ3v) is 1.91. The Labute approximate surface area is 70.8 Å². The normalized spacial score (nSPS) is 11.1. The molecule has 4 heteroatoms. The van der Waals surface area contributed by atoms with Gasteiger partial charge in [0.1, 0.15) is 0 Å². The first-order valence-corrected chi connectivity index (χ1v) is 3.96. The summed E-state index contributed by atoms with van der Waals surface area (Å²) >= 11 is 0. The average Bonchev–Trinajstić information content (AvgIpc) is 2.29. The van der Waals surface area contributed by atoms with Crippen LogP contribution in [-0.2, 0) is 13.7 Å². The number of H-pyrrole nitrogens is 1. The molecular formula is C8H14N2O2. The molecule has 2 N–H and O–H groups in total. The molecule has 0 aliphatic heterocycles. The van der Waals surface area contributed by atoms with E-state index in [1.54, 1.807) is 7.05 Å². The first-order valence-electron chi connectivity index (χ1n) is 3.96. The minimum absolute atomic E-state index is 0.138. The van der Waals surface area contributed by atoms with Gasteiger partial charge in [-0.2, -0.15) is 0 Å². The smallest absolute Gasteiger partial charge is 0.272 e. The molecule has 0 spiro atoms.